The highest BCUT2D eigenvalue weighted by molar-refractivity contribution is 5.84. The molecule has 0 radical (unpaired) electrons. The molecule has 2 rings (SSSR count). The first-order chi connectivity index (χ1) is 6.29. The Morgan fingerprint density at radius 1 is 1.31 bits per heavy atom. The third-order valence-electron chi connectivity index (χ3n) is 1.67. The number of nitrogens with zero attached hydrogens (tertiary/aromatic N) is 3. The Balaban J connectivity index is 0.000000396. The molecule has 0 saturated heterocycles. The summed E-state index contributed by atoms with van der Waals surface area (Å²) in [5.74, 6) is 0.489. The van der Waals surface area contributed by atoms with Crippen molar-refractivity contribution >= 4 is 16.9 Å². The number of anilines is 1. The first kappa shape index (κ1) is 9.51. The van der Waals surface area contributed by atoms with Crippen molar-refractivity contribution in [3.05, 3.63) is 18.6 Å². The van der Waals surface area contributed by atoms with Crippen molar-refractivity contribution in [1.82, 2.24) is 14.5 Å². The highest BCUT2D eigenvalue weighted by Gasteiger charge is 2.01. The molecule has 0 aromatic carbocycles. The zero-order chi connectivity index (χ0) is 9.84. The summed E-state index contributed by atoms with van der Waals surface area (Å²) < 4.78 is 1.91. The Morgan fingerprint density at radius 2 is 2.00 bits per heavy atom. The summed E-state index contributed by atoms with van der Waals surface area (Å²) in [7, 11) is 1.93. The summed E-state index contributed by atoms with van der Waals surface area (Å²) in [6.45, 7) is 4.00. The predicted molar refractivity (Wildman–Crippen MR) is 54.3 cm³/mol. The minimum Gasteiger partial charge on any atom is -0.382 e. The van der Waals surface area contributed by atoms with E-state index in [9.17, 15) is 0 Å². The van der Waals surface area contributed by atoms with Gasteiger partial charge in [0.15, 0.2) is 5.82 Å². The van der Waals surface area contributed by atoms with Gasteiger partial charge in [0.25, 0.3) is 0 Å². The summed E-state index contributed by atoms with van der Waals surface area (Å²) in [6, 6.07) is 1.89. The van der Waals surface area contributed by atoms with E-state index in [1.165, 1.54) is 0 Å². The topological polar surface area (TPSA) is 56.7 Å². The fourth-order valence-electron chi connectivity index (χ4n) is 1.08. The zero-order valence-electron chi connectivity index (χ0n) is 8.15. The molecule has 0 bridgehead atoms. The summed E-state index contributed by atoms with van der Waals surface area (Å²) >= 11 is 0. The van der Waals surface area contributed by atoms with Crippen LogP contribution in [0.1, 0.15) is 13.8 Å². The van der Waals surface area contributed by atoms with Crippen LogP contribution >= 0.6 is 0 Å². The van der Waals surface area contributed by atoms with E-state index in [4.69, 9.17) is 5.73 Å². The normalized spacial score (nSPS) is 9.46. The Kier molecular flexibility index (Phi) is 2.84. The molecule has 0 aliphatic carbocycles. The Hall–Kier alpha value is -1.58. The average molecular weight is 178 g/mol. The van der Waals surface area contributed by atoms with Gasteiger partial charge in [-0.15, -0.1) is 0 Å². The number of imidazole rings is 1. The third-order valence-corrected chi connectivity index (χ3v) is 1.67. The molecule has 0 aliphatic rings. The molecule has 0 unspecified atom stereocenters. The van der Waals surface area contributed by atoms with Crippen molar-refractivity contribution < 1.29 is 0 Å². The predicted octanol–water partition coefficient (Wildman–Crippen LogP) is 1.58. The number of fused-ring (bicyclic) bond motifs is 1. The van der Waals surface area contributed by atoms with Crippen molar-refractivity contribution in [3.8, 4) is 0 Å². The molecule has 0 aliphatic heterocycles. The van der Waals surface area contributed by atoms with Crippen molar-refractivity contribution in [2.24, 2.45) is 7.05 Å². The average Bonchev–Trinajstić information content (AvgIpc) is 2.53. The lowest BCUT2D eigenvalue weighted by molar-refractivity contribution is 0.947. The van der Waals surface area contributed by atoms with Gasteiger partial charge in [0.05, 0.1) is 11.8 Å². The van der Waals surface area contributed by atoms with Crippen LogP contribution < -0.4 is 5.73 Å². The molecule has 2 aromatic rings. The monoisotopic (exact) mass is 178 g/mol. The van der Waals surface area contributed by atoms with Gasteiger partial charge < -0.3 is 10.3 Å². The van der Waals surface area contributed by atoms with Gasteiger partial charge in [-0.3, -0.25) is 0 Å². The second-order valence-corrected chi connectivity index (χ2v) is 2.42. The van der Waals surface area contributed by atoms with E-state index in [0.717, 1.165) is 11.0 Å². The van der Waals surface area contributed by atoms with Crippen LogP contribution in [0.15, 0.2) is 18.6 Å². The van der Waals surface area contributed by atoms with Crippen LogP contribution in [0.5, 0.6) is 0 Å². The van der Waals surface area contributed by atoms with Crippen molar-refractivity contribution in [1.29, 1.82) is 0 Å². The molecule has 2 N–H and O–H groups in total. The number of aryl methyl sites for hydroxylation is 1. The maximum absolute atomic E-state index is 5.58. The van der Waals surface area contributed by atoms with E-state index in [1.807, 2.05) is 31.5 Å². The van der Waals surface area contributed by atoms with E-state index in [0.29, 0.717) is 5.82 Å². The summed E-state index contributed by atoms with van der Waals surface area (Å²) in [5.41, 5.74) is 7.37. The molecule has 0 fully saturated rings. The lowest BCUT2D eigenvalue weighted by atomic mass is 10.4. The standard InChI is InChI=1S/C7H8N4.C2H6/c1-11-4-10-6-5(11)2-3-9-7(6)8;1-2/h2-4H,1H3,(H2,8,9);1-2H3. The SMILES string of the molecule is CC.Cn1cnc2c(N)nccc21. The van der Waals surface area contributed by atoms with Crippen LogP contribution in [0.3, 0.4) is 0 Å². The summed E-state index contributed by atoms with van der Waals surface area (Å²) in [4.78, 5) is 8.02. The molecular weight excluding hydrogens is 164 g/mol. The minimum atomic E-state index is 0.489. The van der Waals surface area contributed by atoms with Gasteiger partial charge in [-0.1, -0.05) is 13.8 Å². The second kappa shape index (κ2) is 3.89. The first-order valence-electron chi connectivity index (χ1n) is 4.30. The number of rotatable bonds is 0. The van der Waals surface area contributed by atoms with Gasteiger partial charge in [-0.05, 0) is 6.07 Å². The largest absolute Gasteiger partial charge is 0.382 e. The zero-order valence-corrected chi connectivity index (χ0v) is 8.15. The number of nitrogens with two attached hydrogens (primary N) is 1. The van der Waals surface area contributed by atoms with Gasteiger partial charge in [0, 0.05) is 13.2 Å². The Bertz CT molecular complexity index is 391. The Labute approximate surface area is 77.4 Å². The van der Waals surface area contributed by atoms with Crippen LogP contribution in [0.25, 0.3) is 11.0 Å². The van der Waals surface area contributed by atoms with E-state index in [-0.39, 0.29) is 0 Å². The molecule has 0 atom stereocenters. The summed E-state index contributed by atoms with van der Waals surface area (Å²) in [5, 5.41) is 0. The van der Waals surface area contributed by atoms with Crippen molar-refractivity contribution in [2.45, 2.75) is 13.8 Å². The number of aromatic nitrogens is 3. The molecule has 2 heterocycles. The second-order valence-electron chi connectivity index (χ2n) is 2.42. The number of pyridine rings is 1. The van der Waals surface area contributed by atoms with E-state index >= 15 is 0 Å². The molecule has 13 heavy (non-hydrogen) atoms. The molecule has 4 heteroatoms. The molecule has 0 spiro atoms. The van der Waals surface area contributed by atoms with Crippen LogP contribution in [0.2, 0.25) is 0 Å². The maximum atomic E-state index is 5.58. The minimum absolute atomic E-state index is 0.489. The quantitative estimate of drug-likeness (QED) is 0.666. The maximum Gasteiger partial charge on any atom is 0.151 e. The van der Waals surface area contributed by atoms with Crippen LogP contribution in [0.4, 0.5) is 5.82 Å². The fraction of sp³-hybridized carbons (Fsp3) is 0.333. The molecule has 2 aromatic heterocycles. The lowest BCUT2D eigenvalue weighted by Crippen LogP contribution is -1.91. The highest BCUT2D eigenvalue weighted by Crippen LogP contribution is 2.14. The number of hydrogen-bond donors (Lipinski definition) is 1. The number of hydrogen-bond acceptors (Lipinski definition) is 3. The van der Waals surface area contributed by atoms with Gasteiger partial charge in [0.2, 0.25) is 0 Å². The van der Waals surface area contributed by atoms with Gasteiger partial charge in [-0.2, -0.15) is 0 Å². The first-order valence-corrected chi connectivity index (χ1v) is 4.30. The lowest BCUT2D eigenvalue weighted by Gasteiger charge is -1.94. The van der Waals surface area contributed by atoms with E-state index < -0.39 is 0 Å². The fourth-order valence-corrected chi connectivity index (χ4v) is 1.08. The highest BCUT2D eigenvalue weighted by atomic mass is 15.0. The van der Waals surface area contributed by atoms with Gasteiger partial charge >= 0.3 is 0 Å². The van der Waals surface area contributed by atoms with Crippen LogP contribution in [-0.4, -0.2) is 14.5 Å². The van der Waals surface area contributed by atoms with Gasteiger partial charge in [-0.25, -0.2) is 9.97 Å². The van der Waals surface area contributed by atoms with Crippen molar-refractivity contribution in [2.75, 3.05) is 5.73 Å². The van der Waals surface area contributed by atoms with Crippen LogP contribution in [-0.2, 0) is 7.05 Å². The molecule has 0 saturated carbocycles. The summed E-state index contributed by atoms with van der Waals surface area (Å²) in [6.07, 6.45) is 3.40. The van der Waals surface area contributed by atoms with Crippen molar-refractivity contribution in [3.63, 3.8) is 0 Å². The molecular formula is C9H14N4. The molecule has 70 valence electrons. The van der Waals surface area contributed by atoms with Crippen LogP contribution in [0, 0.1) is 0 Å². The molecule has 0 amide bonds. The molecule has 4 nitrogen and oxygen atoms in total. The number of nitrogen functional groups attached to an aromatic ring is 1. The third kappa shape index (κ3) is 1.61. The Morgan fingerprint density at radius 3 is 2.62 bits per heavy atom. The van der Waals surface area contributed by atoms with E-state index in [2.05, 4.69) is 9.97 Å². The van der Waals surface area contributed by atoms with E-state index in [1.54, 1.807) is 12.5 Å². The van der Waals surface area contributed by atoms with Gasteiger partial charge in [0.1, 0.15) is 5.52 Å². The smallest absolute Gasteiger partial charge is 0.151 e.